The van der Waals surface area contributed by atoms with Gasteiger partial charge < -0.3 is 14.2 Å². The maximum absolute atomic E-state index is 11.0. The molecule has 0 radical (unpaired) electrons. The molecule has 0 amide bonds. The van der Waals surface area contributed by atoms with Gasteiger partial charge >= 0.3 is 5.97 Å². The van der Waals surface area contributed by atoms with E-state index < -0.39 is 0 Å². The Morgan fingerprint density at radius 1 is 0.833 bits per heavy atom. The zero-order chi connectivity index (χ0) is 17.9. The summed E-state index contributed by atoms with van der Waals surface area (Å²) in [6, 6.07) is 14.5. The van der Waals surface area contributed by atoms with Crippen LogP contribution in [0.15, 0.2) is 48.5 Å². The summed E-state index contributed by atoms with van der Waals surface area (Å²) in [4.78, 5) is 11.0. The van der Waals surface area contributed by atoms with Crippen LogP contribution in [0.2, 0.25) is 0 Å². The van der Waals surface area contributed by atoms with Crippen molar-refractivity contribution >= 4 is 34.1 Å². The van der Waals surface area contributed by atoms with Crippen molar-refractivity contribution in [3.8, 4) is 11.5 Å². The third-order valence-electron chi connectivity index (χ3n) is 3.02. The van der Waals surface area contributed by atoms with Crippen LogP contribution in [0.25, 0.3) is 0 Å². The second-order valence-corrected chi connectivity index (χ2v) is 5.92. The molecule has 0 saturated heterocycles. The van der Waals surface area contributed by atoms with Crippen LogP contribution in [0, 0.1) is 0 Å². The fourth-order valence-electron chi connectivity index (χ4n) is 1.69. The standard InChI is InChI=1S/C9H10O3.C9H10OS2/c1-11-8-5-3-7(4-6-8)9(10)12-2;1-10-8-5-3-7(4-6-8)9(11)12-2/h2*3-6H,1-2H3. The minimum atomic E-state index is -0.336. The largest absolute Gasteiger partial charge is 0.497 e. The molecule has 2 aromatic rings. The lowest BCUT2D eigenvalue weighted by Gasteiger charge is -2.01. The first-order valence-electron chi connectivity index (χ1n) is 7.00. The molecule has 2 rings (SSSR count). The highest BCUT2D eigenvalue weighted by Gasteiger charge is 2.03. The summed E-state index contributed by atoms with van der Waals surface area (Å²) >= 11 is 6.71. The summed E-state index contributed by atoms with van der Waals surface area (Å²) in [6.07, 6.45) is 1.98. The highest BCUT2D eigenvalue weighted by molar-refractivity contribution is 8.23. The summed E-state index contributed by atoms with van der Waals surface area (Å²) < 4.78 is 15.4. The highest BCUT2D eigenvalue weighted by atomic mass is 32.2. The normalized spacial score (nSPS) is 9.33. The molecule has 0 N–H and O–H groups in total. The zero-order valence-corrected chi connectivity index (χ0v) is 15.7. The van der Waals surface area contributed by atoms with Gasteiger partial charge in [-0.05, 0) is 60.4 Å². The molecule has 0 spiro atoms. The highest BCUT2D eigenvalue weighted by Crippen LogP contribution is 2.15. The Kier molecular flexibility index (Phi) is 8.89. The Balaban J connectivity index is 0.000000240. The van der Waals surface area contributed by atoms with Crippen molar-refractivity contribution < 1.29 is 19.0 Å². The van der Waals surface area contributed by atoms with Crippen LogP contribution in [-0.4, -0.2) is 37.8 Å². The van der Waals surface area contributed by atoms with Crippen LogP contribution >= 0.6 is 24.0 Å². The van der Waals surface area contributed by atoms with Gasteiger partial charge in [-0.1, -0.05) is 12.2 Å². The molecule has 4 nitrogen and oxygen atoms in total. The van der Waals surface area contributed by atoms with E-state index in [2.05, 4.69) is 4.74 Å². The number of methoxy groups -OCH3 is 3. The quantitative estimate of drug-likeness (QED) is 0.598. The van der Waals surface area contributed by atoms with E-state index in [1.807, 2.05) is 30.5 Å². The Morgan fingerprint density at radius 2 is 1.25 bits per heavy atom. The smallest absolute Gasteiger partial charge is 0.337 e. The number of carbonyl (C=O) groups is 1. The van der Waals surface area contributed by atoms with E-state index in [1.54, 1.807) is 50.2 Å². The van der Waals surface area contributed by atoms with Crippen LogP contribution in [0.5, 0.6) is 11.5 Å². The van der Waals surface area contributed by atoms with E-state index >= 15 is 0 Å². The minimum absolute atomic E-state index is 0.336. The summed E-state index contributed by atoms with van der Waals surface area (Å²) in [5.41, 5.74) is 1.61. The number of thioether (sulfide) groups is 1. The van der Waals surface area contributed by atoms with Gasteiger partial charge in [-0.2, -0.15) is 0 Å². The first-order valence-corrected chi connectivity index (χ1v) is 8.63. The minimum Gasteiger partial charge on any atom is -0.497 e. The summed E-state index contributed by atoms with van der Waals surface area (Å²) in [7, 11) is 4.58. The molecule has 128 valence electrons. The van der Waals surface area contributed by atoms with Crippen molar-refractivity contribution in [1.29, 1.82) is 0 Å². The molecule has 0 aliphatic heterocycles. The number of ether oxygens (including phenoxy) is 3. The Bertz CT molecular complexity index is 592. The first-order chi connectivity index (χ1) is 11.5. The van der Waals surface area contributed by atoms with Gasteiger partial charge in [-0.15, -0.1) is 11.8 Å². The molecular formula is C18H20O4S2. The summed E-state index contributed by atoms with van der Waals surface area (Å²) in [6.45, 7) is 0. The number of rotatable bonds is 4. The average Bonchev–Trinajstić information content (AvgIpc) is 2.67. The average molecular weight is 364 g/mol. The molecule has 0 fully saturated rings. The number of hydrogen-bond acceptors (Lipinski definition) is 6. The topological polar surface area (TPSA) is 44.8 Å². The van der Waals surface area contributed by atoms with Crippen molar-refractivity contribution in [2.24, 2.45) is 0 Å². The van der Waals surface area contributed by atoms with E-state index in [9.17, 15) is 4.79 Å². The van der Waals surface area contributed by atoms with Gasteiger partial charge in [-0.25, -0.2) is 4.79 Å². The maximum Gasteiger partial charge on any atom is 0.337 e. The first kappa shape index (κ1) is 20.0. The monoisotopic (exact) mass is 364 g/mol. The van der Waals surface area contributed by atoms with Gasteiger partial charge in [0.15, 0.2) is 0 Å². The fraction of sp³-hybridized carbons (Fsp3) is 0.222. The van der Waals surface area contributed by atoms with Crippen molar-refractivity contribution in [3.05, 3.63) is 59.7 Å². The summed E-state index contributed by atoms with van der Waals surface area (Å²) in [5, 5.41) is 0. The molecule has 2 aromatic carbocycles. The Hall–Kier alpha value is -2.05. The van der Waals surface area contributed by atoms with Gasteiger partial charge in [0.2, 0.25) is 0 Å². The van der Waals surface area contributed by atoms with E-state index in [-0.39, 0.29) is 5.97 Å². The van der Waals surface area contributed by atoms with Crippen LogP contribution in [0.1, 0.15) is 15.9 Å². The molecule has 0 heterocycles. The van der Waals surface area contributed by atoms with Gasteiger partial charge in [-0.3, -0.25) is 0 Å². The molecule has 6 heteroatoms. The number of esters is 1. The van der Waals surface area contributed by atoms with Gasteiger partial charge in [0, 0.05) is 0 Å². The van der Waals surface area contributed by atoms with E-state index in [0.29, 0.717) is 5.56 Å². The fourth-order valence-corrected chi connectivity index (χ4v) is 2.20. The van der Waals surface area contributed by atoms with Gasteiger partial charge in [0.05, 0.1) is 31.1 Å². The van der Waals surface area contributed by atoms with Crippen molar-refractivity contribution in [1.82, 2.24) is 0 Å². The lowest BCUT2D eigenvalue weighted by Crippen LogP contribution is -2.00. The molecular weight excluding hydrogens is 344 g/mol. The lowest BCUT2D eigenvalue weighted by molar-refractivity contribution is 0.0600. The lowest BCUT2D eigenvalue weighted by atomic mass is 10.2. The van der Waals surface area contributed by atoms with E-state index in [4.69, 9.17) is 21.7 Å². The third kappa shape index (κ3) is 6.22. The predicted molar refractivity (Wildman–Crippen MR) is 103 cm³/mol. The number of thiocarbonyl (C=S) groups is 1. The van der Waals surface area contributed by atoms with E-state index in [0.717, 1.165) is 21.3 Å². The van der Waals surface area contributed by atoms with Crippen LogP contribution < -0.4 is 9.47 Å². The van der Waals surface area contributed by atoms with Crippen molar-refractivity contribution in [3.63, 3.8) is 0 Å². The third-order valence-corrected chi connectivity index (χ3v) is 4.36. The summed E-state index contributed by atoms with van der Waals surface area (Å²) in [5.74, 6) is 1.25. The molecule has 0 atom stereocenters. The molecule has 24 heavy (non-hydrogen) atoms. The van der Waals surface area contributed by atoms with Gasteiger partial charge in [0.25, 0.3) is 0 Å². The molecule has 0 unspecified atom stereocenters. The molecule has 0 bridgehead atoms. The molecule has 0 saturated carbocycles. The van der Waals surface area contributed by atoms with Crippen LogP contribution in [0.3, 0.4) is 0 Å². The predicted octanol–water partition coefficient (Wildman–Crippen LogP) is 4.22. The number of benzene rings is 2. The Labute approximate surface area is 152 Å². The van der Waals surface area contributed by atoms with Crippen molar-refractivity contribution in [2.75, 3.05) is 27.6 Å². The zero-order valence-electron chi connectivity index (χ0n) is 14.1. The van der Waals surface area contributed by atoms with Crippen molar-refractivity contribution in [2.45, 2.75) is 0 Å². The molecule has 0 aliphatic carbocycles. The second kappa shape index (κ2) is 10.7. The van der Waals surface area contributed by atoms with Crippen LogP contribution in [-0.2, 0) is 4.74 Å². The number of hydrogen-bond donors (Lipinski definition) is 0. The SMILES string of the molecule is COC(=O)c1ccc(OC)cc1.COc1ccc(C(=S)SC)cc1. The Morgan fingerprint density at radius 3 is 1.58 bits per heavy atom. The van der Waals surface area contributed by atoms with Gasteiger partial charge in [0.1, 0.15) is 11.5 Å². The maximum atomic E-state index is 11.0. The molecule has 0 aliphatic rings. The van der Waals surface area contributed by atoms with E-state index in [1.165, 1.54) is 7.11 Å². The second-order valence-electron chi connectivity index (χ2n) is 4.44. The van der Waals surface area contributed by atoms with Crippen LogP contribution in [0.4, 0.5) is 0 Å². The number of carbonyl (C=O) groups excluding carboxylic acids is 1. The molecule has 0 aromatic heterocycles.